The van der Waals surface area contributed by atoms with Gasteiger partial charge in [-0.25, -0.2) is 4.98 Å². The molecule has 0 aliphatic carbocycles. The predicted molar refractivity (Wildman–Crippen MR) is 61.4 cm³/mol. The van der Waals surface area contributed by atoms with Gasteiger partial charge in [-0.05, 0) is 13.0 Å². The van der Waals surface area contributed by atoms with Crippen molar-refractivity contribution in [2.45, 2.75) is 6.92 Å². The number of thiazole rings is 1. The van der Waals surface area contributed by atoms with Crippen molar-refractivity contribution in [2.24, 2.45) is 0 Å². The summed E-state index contributed by atoms with van der Waals surface area (Å²) in [5.74, 6) is 0. The van der Waals surface area contributed by atoms with E-state index in [4.69, 9.17) is 11.0 Å². The second kappa shape index (κ2) is 3.71. The fourth-order valence-electron chi connectivity index (χ4n) is 1.42. The van der Waals surface area contributed by atoms with Crippen molar-refractivity contribution in [1.82, 2.24) is 4.98 Å². The minimum Gasteiger partial charge on any atom is -0.389 e. The number of nitrogens with two attached hydrogens (primary N) is 1. The van der Waals surface area contributed by atoms with Crippen LogP contribution >= 0.6 is 11.3 Å². The first-order valence-electron chi connectivity index (χ1n) is 4.45. The number of nitriles is 1. The smallest absolute Gasteiger partial charge is 0.114 e. The number of rotatable bonds is 1. The Balaban J connectivity index is 2.64. The molecule has 0 unspecified atom stereocenters. The molecule has 2 rings (SSSR count). The quantitative estimate of drug-likeness (QED) is 0.795. The third-order valence-corrected chi connectivity index (χ3v) is 2.86. The lowest BCUT2D eigenvalue weighted by Gasteiger charge is -2.00. The number of benzene rings is 1. The van der Waals surface area contributed by atoms with Crippen molar-refractivity contribution in [1.29, 1.82) is 5.26 Å². The highest BCUT2D eigenvalue weighted by Gasteiger charge is 2.11. The standard InChI is InChI=1S/C11H9N3S/c1-7-14-10(11(13)15-7)9-5-3-2-4-8(9)6-12/h2-5H,13H2,1H3. The molecule has 0 amide bonds. The lowest BCUT2D eigenvalue weighted by molar-refractivity contribution is 1.29. The second-order valence-corrected chi connectivity index (χ2v) is 4.34. The minimum absolute atomic E-state index is 0.606. The summed E-state index contributed by atoms with van der Waals surface area (Å²) in [7, 11) is 0. The maximum absolute atomic E-state index is 8.96. The summed E-state index contributed by atoms with van der Waals surface area (Å²) in [6.45, 7) is 1.90. The van der Waals surface area contributed by atoms with Gasteiger partial charge in [0.2, 0.25) is 0 Å². The minimum atomic E-state index is 0.606. The van der Waals surface area contributed by atoms with Crippen LogP contribution in [0.4, 0.5) is 5.00 Å². The Morgan fingerprint density at radius 3 is 2.73 bits per heavy atom. The maximum Gasteiger partial charge on any atom is 0.114 e. The topological polar surface area (TPSA) is 62.7 Å². The molecule has 0 radical (unpaired) electrons. The fourth-order valence-corrected chi connectivity index (χ4v) is 2.13. The van der Waals surface area contributed by atoms with Gasteiger partial charge in [-0.3, -0.25) is 0 Å². The molecule has 0 atom stereocenters. The average molecular weight is 215 g/mol. The van der Waals surface area contributed by atoms with E-state index in [2.05, 4.69) is 11.1 Å². The molecule has 0 aliphatic heterocycles. The molecule has 1 aromatic heterocycles. The van der Waals surface area contributed by atoms with Crippen LogP contribution in [0.2, 0.25) is 0 Å². The maximum atomic E-state index is 8.96. The van der Waals surface area contributed by atoms with Gasteiger partial charge >= 0.3 is 0 Å². The van der Waals surface area contributed by atoms with Gasteiger partial charge in [-0.15, -0.1) is 11.3 Å². The van der Waals surface area contributed by atoms with Crippen LogP contribution in [0.5, 0.6) is 0 Å². The number of anilines is 1. The van der Waals surface area contributed by atoms with Gasteiger partial charge in [0.15, 0.2) is 0 Å². The molecule has 0 aliphatic rings. The zero-order valence-corrected chi connectivity index (χ0v) is 9.01. The highest BCUT2D eigenvalue weighted by Crippen LogP contribution is 2.31. The Hall–Kier alpha value is -1.86. The van der Waals surface area contributed by atoms with Crippen LogP contribution in [0.15, 0.2) is 24.3 Å². The van der Waals surface area contributed by atoms with Crippen LogP contribution in [0.25, 0.3) is 11.3 Å². The first-order valence-corrected chi connectivity index (χ1v) is 5.26. The molecule has 2 N–H and O–H groups in total. The van der Waals surface area contributed by atoms with Gasteiger partial charge in [-0.1, -0.05) is 18.2 Å². The van der Waals surface area contributed by atoms with E-state index >= 15 is 0 Å². The van der Waals surface area contributed by atoms with E-state index < -0.39 is 0 Å². The van der Waals surface area contributed by atoms with Crippen molar-refractivity contribution in [3.05, 3.63) is 34.8 Å². The Kier molecular flexibility index (Phi) is 2.40. The van der Waals surface area contributed by atoms with Crippen LogP contribution in [-0.2, 0) is 0 Å². The van der Waals surface area contributed by atoms with Crippen molar-refractivity contribution in [3.63, 3.8) is 0 Å². The summed E-state index contributed by atoms with van der Waals surface area (Å²) >= 11 is 1.44. The molecule has 4 heteroatoms. The highest BCUT2D eigenvalue weighted by molar-refractivity contribution is 7.16. The summed E-state index contributed by atoms with van der Waals surface area (Å²) in [6.07, 6.45) is 0. The first kappa shape index (κ1) is 9.69. The Morgan fingerprint density at radius 2 is 2.13 bits per heavy atom. The number of aromatic nitrogens is 1. The lowest BCUT2D eigenvalue weighted by atomic mass is 10.1. The molecule has 0 spiro atoms. The van der Waals surface area contributed by atoms with Gasteiger partial charge in [0.05, 0.1) is 16.6 Å². The van der Waals surface area contributed by atoms with E-state index in [0.29, 0.717) is 10.6 Å². The molecule has 0 bridgehead atoms. The number of nitrogens with zero attached hydrogens (tertiary/aromatic N) is 2. The van der Waals surface area contributed by atoms with Crippen molar-refractivity contribution < 1.29 is 0 Å². The van der Waals surface area contributed by atoms with Crippen molar-refractivity contribution in [3.8, 4) is 17.3 Å². The number of aryl methyl sites for hydroxylation is 1. The van der Waals surface area contributed by atoms with Gasteiger partial charge in [0.25, 0.3) is 0 Å². The van der Waals surface area contributed by atoms with Crippen molar-refractivity contribution in [2.75, 3.05) is 5.73 Å². The molecule has 0 saturated heterocycles. The molecule has 0 fully saturated rings. The summed E-state index contributed by atoms with van der Waals surface area (Å²) in [5, 5.41) is 10.5. The molecule has 3 nitrogen and oxygen atoms in total. The zero-order chi connectivity index (χ0) is 10.8. The molecule has 0 saturated carbocycles. The predicted octanol–water partition coefficient (Wildman–Crippen LogP) is 2.57. The summed E-state index contributed by atoms with van der Waals surface area (Å²) in [5.41, 5.74) is 7.97. The van der Waals surface area contributed by atoms with Gasteiger partial charge in [0, 0.05) is 5.56 Å². The molecule has 15 heavy (non-hydrogen) atoms. The zero-order valence-electron chi connectivity index (χ0n) is 8.19. The van der Waals surface area contributed by atoms with Gasteiger partial charge in [0.1, 0.15) is 10.7 Å². The SMILES string of the molecule is Cc1nc(-c2ccccc2C#N)c(N)s1. The average Bonchev–Trinajstić information content (AvgIpc) is 2.57. The Morgan fingerprint density at radius 1 is 1.40 bits per heavy atom. The van der Waals surface area contributed by atoms with Crippen molar-refractivity contribution >= 4 is 16.3 Å². The largest absolute Gasteiger partial charge is 0.389 e. The molecule has 1 aromatic carbocycles. The van der Waals surface area contributed by atoms with Gasteiger partial charge in [-0.2, -0.15) is 5.26 Å². The molecular formula is C11H9N3S. The van der Waals surface area contributed by atoms with E-state index in [1.54, 1.807) is 6.07 Å². The van der Waals surface area contributed by atoms with E-state index in [0.717, 1.165) is 16.3 Å². The van der Waals surface area contributed by atoms with E-state index in [9.17, 15) is 0 Å². The Labute approximate surface area is 91.8 Å². The summed E-state index contributed by atoms with van der Waals surface area (Å²) in [6, 6.07) is 9.48. The number of hydrogen-bond donors (Lipinski definition) is 1. The highest BCUT2D eigenvalue weighted by atomic mass is 32.1. The molecule has 74 valence electrons. The summed E-state index contributed by atoms with van der Waals surface area (Å²) in [4.78, 5) is 4.33. The van der Waals surface area contributed by atoms with Crippen LogP contribution in [0, 0.1) is 18.3 Å². The van der Waals surface area contributed by atoms with Crippen LogP contribution in [0.1, 0.15) is 10.6 Å². The third-order valence-electron chi connectivity index (χ3n) is 2.06. The second-order valence-electron chi connectivity index (χ2n) is 3.10. The molecule has 2 aromatic rings. The molecular weight excluding hydrogens is 206 g/mol. The number of hydrogen-bond acceptors (Lipinski definition) is 4. The fraction of sp³-hybridized carbons (Fsp3) is 0.0909. The van der Waals surface area contributed by atoms with E-state index in [-0.39, 0.29) is 0 Å². The number of nitrogen functional groups attached to an aromatic ring is 1. The van der Waals surface area contributed by atoms with Gasteiger partial charge < -0.3 is 5.73 Å². The van der Waals surface area contributed by atoms with E-state index in [1.165, 1.54) is 11.3 Å². The van der Waals surface area contributed by atoms with Crippen LogP contribution < -0.4 is 5.73 Å². The van der Waals surface area contributed by atoms with Crippen LogP contribution in [0.3, 0.4) is 0 Å². The van der Waals surface area contributed by atoms with Crippen LogP contribution in [-0.4, -0.2) is 4.98 Å². The normalized spacial score (nSPS) is 9.87. The lowest BCUT2D eigenvalue weighted by Crippen LogP contribution is -1.89. The van der Waals surface area contributed by atoms with E-state index in [1.807, 2.05) is 25.1 Å². The molecule has 1 heterocycles. The third kappa shape index (κ3) is 1.69. The summed E-state index contributed by atoms with van der Waals surface area (Å²) < 4.78 is 0. The monoisotopic (exact) mass is 215 g/mol. The first-order chi connectivity index (χ1) is 7.22. The Bertz CT molecular complexity index is 537.